The summed E-state index contributed by atoms with van der Waals surface area (Å²) in [7, 11) is 0. The standard InChI is InChI=1S/C11H18N4/c1-8-6-13-9(2)11(14-8)15-5-3-4-10(12)7-15/h6,10H,3-5,7,12H2,1-2H3. The first kappa shape index (κ1) is 10.4. The molecule has 1 saturated heterocycles. The van der Waals surface area contributed by atoms with Crippen LogP contribution in [0.3, 0.4) is 0 Å². The Morgan fingerprint density at radius 1 is 1.47 bits per heavy atom. The lowest BCUT2D eigenvalue weighted by Crippen LogP contribution is -2.43. The highest BCUT2D eigenvalue weighted by molar-refractivity contribution is 5.43. The van der Waals surface area contributed by atoms with Crippen LogP contribution in [0.25, 0.3) is 0 Å². The van der Waals surface area contributed by atoms with Crippen molar-refractivity contribution in [3.05, 3.63) is 17.6 Å². The molecule has 0 radical (unpaired) electrons. The van der Waals surface area contributed by atoms with E-state index >= 15 is 0 Å². The third kappa shape index (κ3) is 2.26. The molecule has 0 saturated carbocycles. The molecule has 0 bridgehead atoms. The lowest BCUT2D eigenvalue weighted by molar-refractivity contribution is 0.501. The van der Waals surface area contributed by atoms with Crippen molar-refractivity contribution >= 4 is 5.82 Å². The van der Waals surface area contributed by atoms with Crippen LogP contribution in [0.4, 0.5) is 5.82 Å². The van der Waals surface area contributed by atoms with Crippen molar-refractivity contribution in [2.24, 2.45) is 5.73 Å². The molecular weight excluding hydrogens is 188 g/mol. The van der Waals surface area contributed by atoms with Gasteiger partial charge in [0.15, 0.2) is 0 Å². The summed E-state index contributed by atoms with van der Waals surface area (Å²) in [6.07, 6.45) is 4.08. The number of nitrogens with zero attached hydrogens (tertiary/aromatic N) is 3. The van der Waals surface area contributed by atoms with Gasteiger partial charge < -0.3 is 10.6 Å². The predicted octanol–water partition coefficient (Wildman–Crippen LogP) is 1.02. The number of aryl methyl sites for hydroxylation is 2. The van der Waals surface area contributed by atoms with Gasteiger partial charge in [0, 0.05) is 25.3 Å². The van der Waals surface area contributed by atoms with Gasteiger partial charge in [-0.3, -0.25) is 4.98 Å². The fourth-order valence-corrected chi connectivity index (χ4v) is 2.03. The van der Waals surface area contributed by atoms with Crippen molar-refractivity contribution < 1.29 is 0 Å². The minimum atomic E-state index is 0.278. The minimum Gasteiger partial charge on any atom is -0.354 e. The van der Waals surface area contributed by atoms with Gasteiger partial charge in [0.05, 0.1) is 11.4 Å². The van der Waals surface area contributed by atoms with Crippen molar-refractivity contribution in [3.8, 4) is 0 Å². The zero-order valence-corrected chi connectivity index (χ0v) is 9.40. The van der Waals surface area contributed by atoms with Gasteiger partial charge in [-0.2, -0.15) is 0 Å². The topological polar surface area (TPSA) is 55.0 Å². The Labute approximate surface area is 90.5 Å². The maximum absolute atomic E-state index is 5.96. The van der Waals surface area contributed by atoms with Gasteiger partial charge in [-0.05, 0) is 26.7 Å². The second kappa shape index (κ2) is 4.14. The SMILES string of the molecule is Cc1cnc(C)c(N2CCCC(N)C2)n1. The highest BCUT2D eigenvalue weighted by Gasteiger charge is 2.19. The molecule has 2 N–H and O–H groups in total. The molecule has 1 aliphatic heterocycles. The maximum Gasteiger partial charge on any atom is 0.150 e. The highest BCUT2D eigenvalue weighted by atomic mass is 15.2. The zero-order chi connectivity index (χ0) is 10.8. The predicted molar refractivity (Wildman–Crippen MR) is 60.9 cm³/mol. The van der Waals surface area contributed by atoms with Crippen LogP contribution in [0.15, 0.2) is 6.20 Å². The normalized spacial score (nSPS) is 21.8. The molecule has 2 rings (SSSR count). The quantitative estimate of drug-likeness (QED) is 0.745. The number of anilines is 1. The minimum absolute atomic E-state index is 0.278. The summed E-state index contributed by atoms with van der Waals surface area (Å²) in [5, 5.41) is 0. The lowest BCUT2D eigenvalue weighted by atomic mass is 10.1. The van der Waals surface area contributed by atoms with Crippen molar-refractivity contribution in [1.82, 2.24) is 9.97 Å². The van der Waals surface area contributed by atoms with E-state index in [0.29, 0.717) is 0 Å². The molecule has 15 heavy (non-hydrogen) atoms. The molecule has 0 aromatic carbocycles. The van der Waals surface area contributed by atoms with Crippen LogP contribution < -0.4 is 10.6 Å². The second-order valence-corrected chi connectivity index (χ2v) is 4.27. The Balaban J connectivity index is 2.24. The van der Waals surface area contributed by atoms with Gasteiger partial charge in [-0.15, -0.1) is 0 Å². The molecule has 0 amide bonds. The molecule has 0 aliphatic carbocycles. The summed E-state index contributed by atoms with van der Waals surface area (Å²) in [5.41, 5.74) is 7.92. The van der Waals surface area contributed by atoms with Crippen LogP contribution in [-0.2, 0) is 0 Å². The first-order valence-electron chi connectivity index (χ1n) is 5.47. The molecule has 1 unspecified atom stereocenters. The van der Waals surface area contributed by atoms with Gasteiger partial charge in [-0.25, -0.2) is 4.98 Å². The number of piperidine rings is 1. The van der Waals surface area contributed by atoms with Crippen LogP contribution >= 0.6 is 0 Å². The van der Waals surface area contributed by atoms with Crippen LogP contribution in [-0.4, -0.2) is 29.1 Å². The van der Waals surface area contributed by atoms with Gasteiger partial charge in [0.1, 0.15) is 5.82 Å². The van der Waals surface area contributed by atoms with Crippen molar-refractivity contribution in [3.63, 3.8) is 0 Å². The molecule has 1 aliphatic rings. The molecule has 2 heterocycles. The Morgan fingerprint density at radius 2 is 2.27 bits per heavy atom. The smallest absolute Gasteiger partial charge is 0.150 e. The van der Waals surface area contributed by atoms with E-state index in [1.807, 2.05) is 20.0 Å². The van der Waals surface area contributed by atoms with Gasteiger partial charge >= 0.3 is 0 Å². The van der Waals surface area contributed by atoms with Crippen LogP contribution in [0, 0.1) is 13.8 Å². The van der Waals surface area contributed by atoms with E-state index in [1.165, 1.54) is 0 Å². The van der Waals surface area contributed by atoms with Crippen molar-refractivity contribution in [2.75, 3.05) is 18.0 Å². The molecule has 4 nitrogen and oxygen atoms in total. The number of rotatable bonds is 1. The Morgan fingerprint density at radius 3 is 3.00 bits per heavy atom. The molecular formula is C11H18N4. The molecule has 1 aromatic heterocycles. The first-order chi connectivity index (χ1) is 7.16. The van der Waals surface area contributed by atoms with Gasteiger partial charge in [0.25, 0.3) is 0 Å². The van der Waals surface area contributed by atoms with Crippen molar-refractivity contribution in [1.29, 1.82) is 0 Å². The van der Waals surface area contributed by atoms with Crippen LogP contribution in [0.5, 0.6) is 0 Å². The summed E-state index contributed by atoms with van der Waals surface area (Å²) in [5.74, 6) is 1.00. The van der Waals surface area contributed by atoms with Crippen molar-refractivity contribution in [2.45, 2.75) is 32.7 Å². The highest BCUT2D eigenvalue weighted by Crippen LogP contribution is 2.19. The van der Waals surface area contributed by atoms with E-state index in [4.69, 9.17) is 5.73 Å². The monoisotopic (exact) mass is 206 g/mol. The van der Waals surface area contributed by atoms with E-state index in [2.05, 4.69) is 14.9 Å². The van der Waals surface area contributed by atoms with E-state index in [0.717, 1.165) is 43.1 Å². The van der Waals surface area contributed by atoms with Gasteiger partial charge in [-0.1, -0.05) is 0 Å². The summed E-state index contributed by atoms with van der Waals surface area (Å²) >= 11 is 0. The Hall–Kier alpha value is -1.16. The van der Waals surface area contributed by atoms with Crippen LogP contribution in [0.2, 0.25) is 0 Å². The maximum atomic E-state index is 5.96. The number of hydrogen-bond acceptors (Lipinski definition) is 4. The number of aromatic nitrogens is 2. The Kier molecular flexibility index (Phi) is 2.86. The molecule has 1 aromatic rings. The van der Waals surface area contributed by atoms with Crippen LogP contribution in [0.1, 0.15) is 24.2 Å². The zero-order valence-electron chi connectivity index (χ0n) is 9.40. The fraction of sp³-hybridized carbons (Fsp3) is 0.636. The fourth-order valence-electron chi connectivity index (χ4n) is 2.03. The lowest BCUT2D eigenvalue weighted by Gasteiger charge is -2.32. The summed E-state index contributed by atoms with van der Waals surface area (Å²) in [6.45, 7) is 5.92. The van der Waals surface area contributed by atoms with E-state index in [1.54, 1.807) is 0 Å². The second-order valence-electron chi connectivity index (χ2n) is 4.27. The molecule has 82 valence electrons. The summed E-state index contributed by atoms with van der Waals surface area (Å²) in [4.78, 5) is 11.1. The first-order valence-corrected chi connectivity index (χ1v) is 5.47. The van der Waals surface area contributed by atoms with E-state index < -0.39 is 0 Å². The molecule has 1 fully saturated rings. The third-order valence-electron chi connectivity index (χ3n) is 2.81. The average Bonchev–Trinajstić information content (AvgIpc) is 2.22. The largest absolute Gasteiger partial charge is 0.354 e. The third-order valence-corrected chi connectivity index (χ3v) is 2.81. The number of hydrogen-bond donors (Lipinski definition) is 1. The molecule has 0 spiro atoms. The van der Waals surface area contributed by atoms with E-state index in [-0.39, 0.29) is 6.04 Å². The summed E-state index contributed by atoms with van der Waals surface area (Å²) < 4.78 is 0. The number of nitrogens with two attached hydrogens (primary N) is 1. The van der Waals surface area contributed by atoms with Gasteiger partial charge in [0.2, 0.25) is 0 Å². The molecule has 4 heteroatoms. The van der Waals surface area contributed by atoms with E-state index in [9.17, 15) is 0 Å². The summed E-state index contributed by atoms with van der Waals surface area (Å²) in [6, 6.07) is 0.278. The molecule has 1 atom stereocenters. The Bertz CT molecular complexity index is 350. The average molecular weight is 206 g/mol.